The molecule has 2 heterocycles. The molecule has 10 heteroatoms. The predicted octanol–water partition coefficient (Wildman–Crippen LogP) is 4.54. The Morgan fingerprint density at radius 3 is 2.56 bits per heavy atom. The van der Waals surface area contributed by atoms with Crippen molar-refractivity contribution in [1.82, 2.24) is 14.9 Å². The largest absolute Gasteiger partial charge is 0.493 e. The van der Waals surface area contributed by atoms with E-state index in [1.165, 1.54) is 0 Å². The zero-order chi connectivity index (χ0) is 24.1. The first-order valence-electron chi connectivity index (χ1n) is 11.1. The van der Waals surface area contributed by atoms with Gasteiger partial charge in [-0.15, -0.1) is 0 Å². The van der Waals surface area contributed by atoms with E-state index in [4.69, 9.17) is 14.2 Å². The molecule has 1 saturated heterocycles. The molecule has 7 nitrogen and oxygen atoms in total. The van der Waals surface area contributed by atoms with Crippen LogP contribution in [-0.4, -0.2) is 61.4 Å². The summed E-state index contributed by atoms with van der Waals surface area (Å²) in [6.07, 6.45) is -4.65. The van der Waals surface area contributed by atoms with Crippen LogP contribution in [0.2, 0.25) is 0 Å². The van der Waals surface area contributed by atoms with Crippen molar-refractivity contribution >= 4 is 16.7 Å². The fourth-order valence-corrected chi connectivity index (χ4v) is 4.04. The van der Waals surface area contributed by atoms with Gasteiger partial charge in [0.05, 0.1) is 38.5 Å². The van der Waals surface area contributed by atoms with Gasteiger partial charge < -0.3 is 19.5 Å². The summed E-state index contributed by atoms with van der Waals surface area (Å²) >= 11 is 0. The minimum atomic E-state index is -4.65. The summed E-state index contributed by atoms with van der Waals surface area (Å²) in [5.41, 5.74) is 1.18. The fraction of sp³-hybridized carbons (Fsp3) is 0.417. The molecule has 0 saturated carbocycles. The van der Waals surface area contributed by atoms with E-state index >= 15 is 0 Å². The van der Waals surface area contributed by atoms with E-state index in [1.807, 2.05) is 25.1 Å². The third kappa shape index (κ3) is 5.34. The number of nitrogens with one attached hydrogen (secondary N) is 1. The molecule has 0 bridgehead atoms. The van der Waals surface area contributed by atoms with E-state index in [-0.39, 0.29) is 17.4 Å². The van der Waals surface area contributed by atoms with Gasteiger partial charge in [0, 0.05) is 25.0 Å². The number of alkyl halides is 3. The van der Waals surface area contributed by atoms with E-state index in [0.29, 0.717) is 56.3 Å². The molecule has 1 fully saturated rings. The van der Waals surface area contributed by atoms with Crippen molar-refractivity contribution in [2.75, 3.05) is 51.9 Å². The first-order valence-corrected chi connectivity index (χ1v) is 11.1. The van der Waals surface area contributed by atoms with Crippen molar-refractivity contribution in [3.8, 4) is 11.5 Å². The second-order valence-electron chi connectivity index (χ2n) is 7.80. The normalized spacial score (nSPS) is 15.8. The fourth-order valence-electron chi connectivity index (χ4n) is 4.04. The molecule has 0 spiro atoms. The van der Waals surface area contributed by atoms with Crippen molar-refractivity contribution in [1.29, 1.82) is 0 Å². The number of hydrogen-bond donors (Lipinski definition) is 1. The molecule has 1 N–H and O–H groups in total. The maximum absolute atomic E-state index is 13.4. The first-order chi connectivity index (χ1) is 16.4. The molecule has 34 heavy (non-hydrogen) atoms. The molecule has 1 aliphatic rings. The van der Waals surface area contributed by atoms with Crippen LogP contribution >= 0.6 is 0 Å². The Balaban J connectivity index is 1.68. The van der Waals surface area contributed by atoms with Crippen LogP contribution in [0.15, 0.2) is 42.5 Å². The van der Waals surface area contributed by atoms with E-state index in [9.17, 15) is 13.2 Å². The van der Waals surface area contributed by atoms with Crippen LogP contribution in [0.4, 0.5) is 19.0 Å². The number of para-hydroxylation sites is 1. The Bertz CT molecular complexity index is 1120. The van der Waals surface area contributed by atoms with Gasteiger partial charge in [-0.2, -0.15) is 13.2 Å². The molecule has 1 aliphatic heterocycles. The monoisotopic (exact) mass is 476 g/mol. The van der Waals surface area contributed by atoms with Gasteiger partial charge in [-0.05, 0) is 36.8 Å². The molecule has 3 aromatic rings. The van der Waals surface area contributed by atoms with Crippen LogP contribution in [0, 0.1) is 0 Å². The van der Waals surface area contributed by atoms with E-state index in [1.54, 1.807) is 31.4 Å². The molecule has 0 aliphatic carbocycles. The summed E-state index contributed by atoms with van der Waals surface area (Å²) in [6.45, 7) is 5.29. The average Bonchev–Trinajstić information content (AvgIpc) is 2.85. The van der Waals surface area contributed by atoms with Crippen molar-refractivity contribution in [3.63, 3.8) is 0 Å². The van der Waals surface area contributed by atoms with Crippen molar-refractivity contribution < 1.29 is 27.4 Å². The maximum atomic E-state index is 13.4. The molecule has 0 amide bonds. The summed E-state index contributed by atoms with van der Waals surface area (Å²) in [5, 5.41) is 3.70. The van der Waals surface area contributed by atoms with E-state index < -0.39 is 12.0 Å². The molecular weight excluding hydrogens is 449 g/mol. The number of halogens is 3. The lowest BCUT2D eigenvalue weighted by Gasteiger charge is -2.35. The van der Waals surface area contributed by atoms with Crippen molar-refractivity contribution in [3.05, 3.63) is 53.9 Å². The van der Waals surface area contributed by atoms with Gasteiger partial charge in [0.15, 0.2) is 11.5 Å². The highest BCUT2D eigenvalue weighted by Crippen LogP contribution is 2.34. The molecule has 2 aromatic carbocycles. The summed E-state index contributed by atoms with van der Waals surface area (Å²) in [4.78, 5) is 9.75. The summed E-state index contributed by atoms with van der Waals surface area (Å²) in [5.74, 6) is 0.219. The molecule has 182 valence electrons. The van der Waals surface area contributed by atoms with Crippen molar-refractivity contribution in [2.45, 2.75) is 19.1 Å². The molecule has 4 rings (SSSR count). The average molecular weight is 476 g/mol. The van der Waals surface area contributed by atoms with Gasteiger partial charge in [-0.25, -0.2) is 9.97 Å². The predicted molar refractivity (Wildman–Crippen MR) is 122 cm³/mol. The second-order valence-corrected chi connectivity index (χ2v) is 7.80. The summed E-state index contributed by atoms with van der Waals surface area (Å²) < 4.78 is 57.0. The third-order valence-electron chi connectivity index (χ3n) is 5.68. The number of fused-ring (bicyclic) bond motifs is 1. The lowest BCUT2D eigenvalue weighted by atomic mass is 10.0. The summed E-state index contributed by atoms with van der Waals surface area (Å²) in [6, 6.07) is 12.2. The molecule has 0 radical (unpaired) electrons. The number of methoxy groups -OCH3 is 1. The van der Waals surface area contributed by atoms with Gasteiger partial charge in [0.25, 0.3) is 0 Å². The zero-order valence-corrected chi connectivity index (χ0v) is 19.1. The van der Waals surface area contributed by atoms with Crippen LogP contribution in [-0.2, 0) is 10.9 Å². The number of nitrogens with zero attached hydrogens (tertiary/aromatic N) is 3. The number of rotatable bonds is 8. The van der Waals surface area contributed by atoms with Crippen molar-refractivity contribution in [2.24, 2.45) is 0 Å². The lowest BCUT2D eigenvalue weighted by Crippen LogP contribution is -2.41. The number of hydrogen-bond acceptors (Lipinski definition) is 7. The number of aromatic nitrogens is 2. The second kappa shape index (κ2) is 10.4. The minimum absolute atomic E-state index is 0.147. The Morgan fingerprint density at radius 1 is 1.09 bits per heavy atom. The first kappa shape index (κ1) is 24.0. The Hall–Kier alpha value is -3.11. The topological polar surface area (TPSA) is 68.7 Å². The van der Waals surface area contributed by atoms with Gasteiger partial charge in [-0.3, -0.25) is 4.90 Å². The lowest BCUT2D eigenvalue weighted by molar-refractivity contribution is -0.144. The van der Waals surface area contributed by atoms with Gasteiger partial charge in [0.1, 0.15) is 5.82 Å². The number of benzene rings is 2. The quantitative estimate of drug-likeness (QED) is 0.512. The van der Waals surface area contributed by atoms with Gasteiger partial charge >= 0.3 is 6.18 Å². The number of morpholine rings is 1. The maximum Gasteiger partial charge on any atom is 0.451 e. The van der Waals surface area contributed by atoms with Crippen LogP contribution < -0.4 is 14.8 Å². The highest BCUT2D eigenvalue weighted by molar-refractivity contribution is 5.89. The molecular formula is C24H27F3N4O3. The van der Waals surface area contributed by atoms with Crippen LogP contribution in [0.1, 0.15) is 24.4 Å². The smallest absolute Gasteiger partial charge is 0.451 e. The number of ether oxygens (including phenoxy) is 3. The van der Waals surface area contributed by atoms with E-state index in [0.717, 1.165) is 5.56 Å². The molecule has 1 aromatic heterocycles. The third-order valence-corrected chi connectivity index (χ3v) is 5.68. The minimum Gasteiger partial charge on any atom is -0.493 e. The standard InChI is InChI=1S/C24H27F3N4O3/c1-3-34-20-9-8-16(14-21(20)32-2)19(31-10-12-33-13-11-31)15-28-22-17-6-4-5-7-18(17)29-23(30-22)24(25,26)27/h4-9,14,19H,3,10-13,15H2,1-2H3,(H,28,29,30). The van der Waals surface area contributed by atoms with Crippen LogP contribution in [0.5, 0.6) is 11.5 Å². The summed E-state index contributed by atoms with van der Waals surface area (Å²) in [7, 11) is 1.58. The van der Waals surface area contributed by atoms with Crippen LogP contribution in [0.3, 0.4) is 0 Å². The SMILES string of the molecule is CCOc1ccc(C(CNc2nc(C(F)(F)F)nc3ccccc23)N2CCOCC2)cc1OC. The van der Waals surface area contributed by atoms with Crippen LogP contribution in [0.25, 0.3) is 10.9 Å². The molecule has 1 unspecified atom stereocenters. The highest BCUT2D eigenvalue weighted by Gasteiger charge is 2.35. The van der Waals surface area contributed by atoms with Gasteiger partial charge in [-0.1, -0.05) is 18.2 Å². The zero-order valence-electron chi connectivity index (χ0n) is 19.1. The van der Waals surface area contributed by atoms with Gasteiger partial charge in [0.2, 0.25) is 5.82 Å². The number of anilines is 1. The highest BCUT2D eigenvalue weighted by atomic mass is 19.4. The Kier molecular flexibility index (Phi) is 7.38. The molecule has 1 atom stereocenters. The van der Waals surface area contributed by atoms with E-state index in [2.05, 4.69) is 20.2 Å². The Morgan fingerprint density at radius 2 is 1.85 bits per heavy atom. The Labute approximate surface area is 195 Å².